The number of hydrogen-bond acceptors (Lipinski definition) is 7. The Balaban J connectivity index is 2.18. The lowest BCUT2D eigenvalue weighted by Gasteiger charge is -2.08. The average molecular weight is 310 g/mol. The summed E-state index contributed by atoms with van der Waals surface area (Å²) >= 11 is 3.18. The summed E-state index contributed by atoms with van der Waals surface area (Å²) in [5.74, 6) is 1.52. The Bertz CT molecular complexity index is 559. The van der Waals surface area contributed by atoms with E-state index in [0.29, 0.717) is 12.4 Å². The third kappa shape index (κ3) is 4.43. The molecule has 0 bridgehead atoms. The molecule has 2 aromatic heterocycles. The predicted octanol–water partition coefficient (Wildman–Crippen LogP) is 3.36. The minimum Gasteiger partial charge on any atom is -0.377 e. The van der Waals surface area contributed by atoms with E-state index in [1.807, 2.05) is 18.4 Å². The van der Waals surface area contributed by atoms with Gasteiger partial charge in [0.25, 0.3) is 0 Å². The molecule has 2 heterocycles. The van der Waals surface area contributed by atoms with E-state index in [-0.39, 0.29) is 0 Å². The highest BCUT2D eigenvalue weighted by Gasteiger charge is 2.08. The number of rotatable bonds is 7. The third-order valence-electron chi connectivity index (χ3n) is 2.37. The first-order valence-corrected chi connectivity index (χ1v) is 8.11. The van der Waals surface area contributed by atoms with Crippen LogP contribution >= 0.6 is 23.1 Å². The normalized spacial score (nSPS) is 10.8. The molecule has 0 unspecified atom stereocenters. The molecule has 0 saturated heterocycles. The molecule has 0 aromatic carbocycles. The van der Waals surface area contributed by atoms with E-state index >= 15 is 0 Å². The number of aryl methyl sites for hydroxylation is 1. The Kier molecular flexibility index (Phi) is 5.75. The summed E-state index contributed by atoms with van der Waals surface area (Å²) in [6.07, 6.45) is 1.05. The van der Waals surface area contributed by atoms with Gasteiger partial charge >= 0.3 is 0 Å². The van der Waals surface area contributed by atoms with Crippen LogP contribution in [0.2, 0.25) is 0 Å². The second-order valence-electron chi connectivity index (χ2n) is 4.22. The number of nitrogens with zero attached hydrogens (tertiary/aromatic N) is 3. The Morgan fingerprint density at radius 3 is 2.85 bits per heavy atom. The predicted molar refractivity (Wildman–Crippen MR) is 82.5 cm³/mol. The van der Waals surface area contributed by atoms with E-state index in [0.717, 1.165) is 33.8 Å². The van der Waals surface area contributed by atoms with Crippen LogP contribution in [0.3, 0.4) is 0 Å². The van der Waals surface area contributed by atoms with Crippen LogP contribution in [0.1, 0.15) is 24.9 Å². The van der Waals surface area contributed by atoms with Crippen molar-refractivity contribution >= 4 is 28.9 Å². The minimum atomic E-state index is 0.409. The Morgan fingerprint density at radius 1 is 1.35 bits per heavy atom. The lowest BCUT2D eigenvalue weighted by molar-refractivity contribution is 0.177. The number of nitrogens with one attached hydrogen (secondary N) is 1. The minimum absolute atomic E-state index is 0.409. The van der Waals surface area contributed by atoms with Gasteiger partial charge in [0, 0.05) is 30.8 Å². The van der Waals surface area contributed by atoms with Crippen molar-refractivity contribution in [1.82, 2.24) is 15.0 Å². The van der Waals surface area contributed by atoms with Crippen LogP contribution in [0.4, 0.5) is 5.82 Å². The lowest BCUT2D eigenvalue weighted by Crippen LogP contribution is -2.06. The van der Waals surface area contributed by atoms with Crippen LogP contribution in [0.25, 0.3) is 0 Å². The van der Waals surface area contributed by atoms with Crippen molar-refractivity contribution in [2.24, 2.45) is 0 Å². The molecule has 0 fully saturated rings. The van der Waals surface area contributed by atoms with Gasteiger partial charge in [0.15, 0.2) is 10.2 Å². The van der Waals surface area contributed by atoms with Crippen LogP contribution in [-0.4, -0.2) is 28.6 Å². The van der Waals surface area contributed by atoms with Gasteiger partial charge in [-0.1, -0.05) is 6.92 Å². The zero-order valence-corrected chi connectivity index (χ0v) is 13.5. The summed E-state index contributed by atoms with van der Waals surface area (Å²) in [5.41, 5.74) is 1.04. The smallest absolute Gasteiger partial charge is 0.157 e. The highest BCUT2D eigenvalue weighted by atomic mass is 32.2. The fourth-order valence-electron chi connectivity index (χ4n) is 1.53. The number of anilines is 1. The van der Waals surface area contributed by atoms with Crippen molar-refractivity contribution in [1.29, 1.82) is 0 Å². The molecule has 7 heteroatoms. The number of methoxy groups -OCH3 is 1. The standard InChI is InChI=1S/C13H18N4OS2/c1-4-5-14-10-6-12(17-11(16-10)7-18-3)20-13-15-9(2)8-19-13/h6,8H,4-5,7H2,1-3H3,(H,14,16,17). The van der Waals surface area contributed by atoms with E-state index in [4.69, 9.17) is 4.74 Å². The molecule has 1 N–H and O–H groups in total. The summed E-state index contributed by atoms with van der Waals surface area (Å²) in [6, 6.07) is 1.95. The first-order chi connectivity index (χ1) is 9.71. The molecule has 0 radical (unpaired) electrons. The quantitative estimate of drug-likeness (QED) is 0.791. The van der Waals surface area contributed by atoms with Crippen molar-refractivity contribution in [3.63, 3.8) is 0 Å². The summed E-state index contributed by atoms with van der Waals surface area (Å²) in [7, 11) is 1.65. The first kappa shape index (κ1) is 15.2. The van der Waals surface area contributed by atoms with E-state index in [2.05, 4.69) is 27.2 Å². The van der Waals surface area contributed by atoms with Crippen molar-refractivity contribution < 1.29 is 4.74 Å². The van der Waals surface area contributed by atoms with Crippen LogP contribution in [0, 0.1) is 6.92 Å². The number of aromatic nitrogens is 3. The van der Waals surface area contributed by atoms with Gasteiger partial charge in [-0.15, -0.1) is 11.3 Å². The maximum atomic E-state index is 5.12. The van der Waals surface area contributed by atoms with E-state index in [9.17, 15) is 0 Å². The Hall–Kier alpha value is -1.18. The summed E-state index contributed by atoms with van der Waals surface area (Å²) < 4.78 is 6.11. The zero-order chi connectivity index (χ0) is 14.4. The van der Waals surface area contributed by atoms with Gasteiger partial charge < -0.3 is 10.1 Å². The molecule has 0 atom stereocenters. The number of ether oxygens (including phenoxy) is 1. The Morgan fingerprint density at radius 2 is 2.20 bits per heavy atom. The highest BCUT2D eigenvalue weighted by Crippen LogP contribution is 2.30. The molecule has 2 aromatic rings. The molecule has 2 rings (SSSR count). The van der Waals surface area contributed by atoms with E-state index in [1.165, 1.54) is 0 Å². The van der Waals surface area contributed by atoms with Crippen molar-refractivity contribution in [2.75, 3.05) is 19.0 Å². The van der Waals surface area contributed by atoms with Crippen molar-refractivity contribution in [2.45, 2.75) is 36.2 Å². The average Bonchev–Trinajstić information content (AvgIpc) is 2.82. The third-order valence-corrected chi connectivity index (χ3v) is 4.34. The molecule has 0 spiro atoms. The van der Waals surface area contributed by atoms with Gasteiger partial charge in [-0.25, -0.2) is 15.0 Å². The van der Waals surface area contributed by atoms with Gasteiger partial charge in [0.05, 0.1) is 0 Å². The van der Waals surface area contributed by atoms with Crippen molar-refractivity contribution in [3.8, 4) is 0 Å². The molecule has 108 valence electrons. The molecule has 0 aliphatic carbocycles. The van der Waals surface area contributed by atoms with Gasteiger partial charge in [-0.2, -0.15) is 0 Å². The fourth-order valence-corrected chi connectivity index (χ4v) is 3.33. The molecule has 0 aliphatic rings. The number of hydrogen-bond donors (Lipinski definition) is 1. The van der Waals surface area contributed by atoms with Crippen LogP contribution in [0.5, 0.6) is 0 Å². The number of thiazole rings is 1. The molecule has 0 saturated carbocycles. The van der Waals surface area contributed by atoms with E-state index in [1.54, 1.807) is 30.2 Å². The monoisotopic (exact) mass is 310 g/mol. The molecule has 5 nitrogen and oxygen atoms in total. The highest BCUT2D eigenvalue weighted by molar-refractivity contribution is 8.01. The fraction of sp³-hybridized carbons (Fsp3) is 0.462. The van der Waals surface area contributed by atoms with E-state index < -0.39 is 0 Å². The zero-order valence-electron chi connectivity index (χ0n) is 11.8. The second kappa shape index (κ2) is 7.56. The van der Waals surface area contributed by atoms with Crippen LogP contribution in [0.15, 0.2) is 20.8 Å². The largest absolute Gasteiger partial charge is 0.377 e. The van der Waals surface area contributed by atoms with Gasteiger partial charge in [0.1, 0.15) is 17.5 Å². The van der Waals surface area contributed by atoms with Gasteiger partial charge in [-0.3, -0.25) is 0 Å². The maximum Gasteiger partial charge on any atom is 0.157 e. The van der Waals surface area contributed by atoms with Crippen LogP contribution in [-0.2, 0) is 11.3 Å². The topological polar surface area (TPSA) is 59.9 Å². The van der Waals surface area contributed by atoms with Crippen LogP contribution < -0.4 is 5.32 Å². The summed E-state index contributed by atoms with van der Waals surface area (Å²) in [5, 5.41) is 6.21. The molecule has 0 aliphatic heterocycles. The van der Waals surface area contributed by atoms with Crippen molar-refractivity contribution in [3.05, 3.63) is 23.0 Å². The molecular formula is C13H18N4OS2. The summed E-state index contributed by atoms with van der Waals surface area (Å²) in [4.78, 5) is 13.4. The Labute approximate surface area is 127 Å². The SMILES string of the molecule is CCCNc1cc(Sc2nc(C)cs2)nc(COC)n1. The molecular weight excluding hydrogens is 292 g/mol. The second-order valence-corrected chi connectivity index (χ2v) is 6.35. The molecule has 0 amide bonds. The summed E-state index contributed by atoms with van der Waals surface area (Å²) in [6.45, 7) is 5.42. The first-order valence-electron chi connectivity index (χ1n) is 6.42. The maximum absolute atomic E-state index is 5.12. The van der Waals surface area contributed by atoms with Gasteiger partial charge in [-0.05, 0) is 25.1 Å². The van der Waals surface area contributed by atoms with Gasteiger partial charge in [0.2, 0.25) is 0 Å². The molecule has 20 heavy (non-hydrogen) atoms. The lowest BCUT2D eigenvalue weighted by atomic mass is 10.4.